The largest absolute Gasteiger partial charge is 0.373 e. The number of alkyl halides is 4. The van der Waals surface area contributed by atoms with Crippen LogP contribution < -0.4 is 11.3 Å². The van der Waals surface area contributed by atoms with E-state index >= 15 is 0 Å². The van der Waals surface area contributed by atoms with E-state index in [0.717, 1.165) is 5.56 Å². The Morgan fingerprint density at radius 1 is 1.33 bits per heavy atom. The Morgan fingerprint density at radius 2 is 2.00 bits per heavy atom. The van der Waals surface area contributed by atoms with Gasteiger partial charge in [0.2, 0.25) is 0 Å². The first-order valence-corrected chi connectivity index (χ1v) is 6.21. The topological polar surface area (TPSA) is 47.3 Å². The van der Waals surface area contributed by atoms with Crippen molar-refractivity contribution in [3.8, 4) is 0 Å². The minimum absolute atomic E-state index is 0.223. The van der Waals surface area contributed by atoms with Gasteiger partial charge in [0.1, 0.15) is 12.4 Å². The Bertz CT molecular complexity index is 456. The zero-order valence-electron chi connectivity index (χ0n) is 11.4. The zero-order valence-corrected chi connectivity index (χ0v) is 11.4. The van der Waals surface area contributed by atoms with E-state index in [1.54, 1.807) is 13.0 Å². The molecule has 0 saturated carbocycles. The highest BCUT2D eigenvalue weighted by atomic mass is 19.3. The fourth-order valence-electron chi connectivity index (χ4n) is 1.69. The summed E-state index contributed by atoms with van der Waals surface area (Å²) in [7, 11) is 0. The fraction of sp³-hybridized carbons (Fsp3) is 0.538. The van der Waals surface area contributed by atoms with Gasteiger partial charge in [-0.15, -0.1) is 0 Å². The van der Waals surface area contributed by atoms with E-state index in [2.05, 4.69) is 10.2 Å². The lowest BCUT2D eigenvalue weighted by atomic mass is 10.0. The number of rotatable bonds is 8. The van der Waals surface area contributed by atoms with Gasteiger partial charge in [0.05, 0.1) is 6.61 Å². The molecule has 1 aromatic carbocycles. The van der Waals surface area contributed by atoms with Gasteiger partial charge >= 0.3 is 12.3 Å². The zero-order chi connectivity index (χ0) is 16.0. The molecule has 1 rings (SSSR count). The maximum absolute atomic E-state index is 13.1. The van der Waals surface area contributed by atoms with Crippen LogP contribution in [0.2, 0.25) is 0 Å². The monoisotopic (exact) mass is 312 g/mol. The molecule has 0 bridgehead atoms. The summed E-state index contributed by atoms with van der Waals surface area (Å²) in [6.45, 7) is 0.0634. The lowest BCUT2D eigenvalue weighted by Gasteiger charge is -2.20. The molecule has 1 unspecified atom stereocenters. The molecular weight excluding hydrogens is 295 g/mol. The molecule has 0 aliphatic rings. The number of benzene rings is 1. The van der Waals surface area contributed by atoms with Crippen molar-refractivity contribution in [1.82, 2.24) is 5.43 Å². The fourth-order valence-corrected chi connectivity index (χ4v) is 1.69. The Balaban J connectivity index is 2.54. The molecule has 3 N–H and O–H groups in total. The number of hydrogen-bond donors (Lipinski definition) is 2. The molecule has 0 heterocycles. The van der Waals surface area contributed by atoms with Crippen LogP contribution in [0.3, 0.4) is 0 Å². The average Bonchev–Trinajstić information content (AvgIpc) is 2.41. The minimum atomic E-state index is -4.20. The van der Waals surface area contributed by atoms with Crippen LogP contribution in [0.1, 0.15) is 11.1 Å². The Kier molecular flexibility index (Phi) is 6.50. The Morgan fingerprint density at radius 3 is 2.57 bits per heavy atom. The van der Waals surface area contributed by atoms with Crippen molar-refractivity contribution in [2.24, 2.45) is 5.84 Å². The van der Waals surface area contributed by atoms with Crippen molar-refractivity contribution < 1.29 is 26.7 Å². The van der Waals surface area contributed by atoms with E-state index in [4.69, 9.17) is 5.84 Å². The van der Waals surface area contributed by atoms with Gasteiger partial charge in [0.15, 0.2) is 0 Å². The number of ether oxygens (including phenoxy) is 1. The van der Waals surface area contributed by atoms with Crippen molar-refractivity contribution in [1.29, 1.82) is 0 Å². The van der Waals surface area contributed by atoms with Crippen molar-refractivity contribution in [3.05, 3.63) is 35.1 Å². The molecule has 21 heavy (non-hydrogen) atoms. The molecule has 0 saturated heterocycles. The first kappa shape index (κ1) is 17.8. The number of hydrazine groups is 1. The molecular formula is C13H17F5N2O. The number of nitrogens with one attached hydrogen (secondary N) is 1. The molecule has 120 valence electrons. The molecule has 1 atom stereocenters. The second kappa shape index (κ2) is 7.67. The van der Waals surface area contributed by atoms with E-state index in [1.807, 2.05) is 0 Å². The molecule has 0 radical (unpaired) electrons. The van der Waals surface area contributed by atoms with E-state index < -0.39 is 30.8 Å². The molecule has 0 aliphatic heterocycles. The van der Waals surface area contributed by atoms with Crippen molar-refractivity contribution in [2.45, 2.75) is 31.7 Å². The molecule has 0 aliphatic carbocycles. The van der Waals surface area contributed by atoms with E-state index in [1.165, 1.54) is 12.1 Å². The van der Waals surface area contributed by atoms with Crippen LogP contribution in [0, 0.1) is 12.7 Å². The van der Waals surface area contributed by atoms with Gasteiger partial charge in [-0.1, -0.05) is 6.07 Å². The summed E-state index contributed by atoms with van der Waals surface area (Å²) in [6, 6.07) is 3.57. The SMILES string of the molecule is Cc1ccc(F)cc1CC(COCC(F)(F)C(F)F)NN. The Labute approximate surface area is 119 Å². The highest BCUT2D eigenvalue weighted by molar-refractivity contribution is 5.27. The van der Waals surface area contributed by atoms with Gasteiger partial charge in [-0.05, 0) is 36.6 Å². The predicted molar refractivity (Wildman–Crippen MR) is 67.7 cm³/mol. The summed E-state index contributed by atoms with van der Waals surface area (Å²) in [5.41, 5.74) is 3.76. The lowest BCUT2D eigenvalue weighted by molar-refractivity contribution is -0.167. The summed E-state index contributed by atoms with van der Waals surface area (Å²) in [5, 5.41) is 0. The van der Waals surface area contributed by atoms with Crippen LogP contribution in [0.4, 0.5) is 22.0 Å². The van der Waals surface area contributed by atoms with Crippen LogP contribution >= 0.6 is 0 Å². The first-order chi connectivity index (χ1) is 9.76. The second-order valence-electron chi connectivity index (χ2n) is 4.72. The minimum Gasteiger partial charge on any atom is -0.373 e. The third-order valence-corrected chi connectivity index (χ3v) is 2.95. The smallest absolute Gasteiger partial charge is 0.330 e. The van der Waals surface area contributed by atoms with Gasteiger partial charge in [-0.2, -0.15) is 8.78 Å². The van der Waals surface area contributed by atoms with E-state index in [-0.39, 0.29) is 13.0 Å². The molecule has 0 aromatic heterocycles. The van der Waals surface area contributed by atoms with Gasteiger partial charge in [-0.3, -0.25) is 11.3 Å². The molecule has 0 fully saturated rings. The molecule has 3 nitrogen and oxygen atoms in total. The summed E-state index contributed by atoms with van der Waals surface area (Å²) in [5.74, 6) is 0.625. The van der Waals surface area contributed by atoms with Crippen LogP contribution in [0.15, 0.2) is 18.2 Å². The van der Waals surface area contributed by atoms with Crippen molar-refractivity contribution in [3.63, 3.8) is 0 Å². The highest BCUT2D eigenvalue weighted by Gasteiger charge is 2.41. The van der Waals surface area contributed by atoms with Crippen molar-refractivity contribution >= 4 is 0 Å². The molecule has 0 amide bonds. The summed E-state index contributed by atoms with van der Waals surface area (Å²) in [4.78, 5) is 0. The third-order valence-electron chi connectivity index (χ3n) is 2.95. The van der Waals surface area contributed by atoms with Gasteiger partial charge < -0.3 is 4.74 Å². The molecule has 8 heteroatoms. The van der Waals surface area contributed by atoms with Crippen molar-refractivity contribution in [2.75, 3.05) is 13.2 Å². The second-order valence-corrected chi connectivity index (χ2v) is 4.72. The summed E-state index contributed by atoms with van der Waals surface area (Å²) < 4.78 is 67.0. The summed E-state index contributed by atoms with van der Waals surface area (Å²) in [6.07, 6.45) is -3.56. The quantitative estimate of drug-likeness (QED) is 0.440. The number of hydrogen-bond acceptors (Lipinski definition) is 3. The molecule has 1 aromatic rings. The standard InChI is InChI=1S/C13H17F5N2O/c1-8-2-3-10(14)4-9(8)5-11(20-19)6-21-7-13(17,18)12(15)16/h2-4,11-12,20H,5-7,19H2,1H3. The van der Waals surface area contributed by atoms with Crippen LogP contribution in [0.25, 0.3) is 0 Å². The van der Waals surface area contributed by atoms with Gasteiger partial charge in [-0.25, -0.2) is 13.2 Å². The third kappa shape index (κ3) is 5.56. The lowest BCUT2D eigenvalue weighted by Crippen LogP contribution is -2.42. The van der Waals surface area contributed by atoms with E-state index in [0.29, 0.717) is 5.56 Å². The average molecular weight is 312 g/mol. The normalized spacial score (nSPS) is 13.7. The van der Waals surface area contributed by atoms with Crippen LogP contribution in [-0.2, 0) is 11.2 Å². The maximum atomic E-state index is 13.1. The van der Waals surface area contributed by atoms with E-state index in [9.17, 15) is 22.0 Å². The van der Waals surface area contributed by atoms with Crippen LogP contribution in [0.5, 0.6) is 0 Å². The first-order valence-electron chi connectivity index (χ1n) is 6.21. The predicted octanol–water partition coefficient (Wildman–Crippen LogP) is 2.43. The van der Waals surface area contributed by atoms with Gasteiger partial charge in [0.25, 0.3) is 0 Å². The van der Waals surface area contributed by atoms with Crippen LogP contribution in [-0.4, -0.2) is 31.6 Å². The maximum Gasteiger partial charge on any atom is 0.330 e. The molecule has 0 spiro atoms. The summed E-state index contributed by atoms with van der Waals surface area (Å²) >= 11 is 0. The highest BCUT2D eigenvalue weighted by Crippen LogP contribution is 2.23. The Hall–Kier alpha value is -1.25. The number of halogens is 5. The van der Waals surface area contributed by atoms with Gasteiger partial charge in [0, 0.05) is 6.04 Å². The number of nitrogens with two attached hydrogens (primary N) is 1. The number of aryl methyl sites for hydroxylation is 1.